The van der Waals surface area contributed by atoms with Crippen molar-refractivity contribution in [2.45, 2.75) is 13.5 Å². The Labute approximate surface area is 89.4 Å². The van der Waals surface area contributed by atoms with Crippen molar-refractivity contribution in [3.8, 4) is 0 Å². The number of rotatable bonds is 2. The lowest BCUT2D eigenvalue weighted by atomic mass is 10.1. The molecule has 2 N–H and O–H groups in total. The second kappa shape index (κ2) is 4.01. The predicted molar refractivity (Wildman–Crippen MR) is 58.4 cm³/mol. The Bertz CT molecular complexity index is 352. The van der Waals surface area contributed by atoms with E-state index in [1.807, 2.05) is 6.92 Å². The van der Waals surface area contributed by atoms with Crippen LogP contribution in [0.2, 0.25) is 0 Å². The largest absolute Gasteiger partial charge is 0.326 e. The number of nitrogens with two attached hydrogens (primary N) is 1. The molecule has 0 saturated heterocycles. The van der Waals surface area contributed by atoms with Crippen LogP contribution in [0.15, 0.2) is 12.1 Å². The summed E-state index contributed by atoms with van der Waals surface area (Å²) in [5, 5.41) is 10.5. The van der Waals surface area contributed by atoms with Gasteiger partial charge in [-0.1, -0.05) is 0 Å². The summed E-state index contributed by atoms with van der Waals surface area (Å²) in [7, 11) is 0. The molecule has 0 unspecified atom stereocenters. The Balaban J connectivity index is 3.30. The molecule has 0 aliphatic carbocycles. The Hall–Kier alpha value is -0.690. The first-order valence-electron chi connectivity index (χ1n) is 3.69. The first kappa shape index (κ1) is 10.4. The van der Waals surface area contributed by atoms with E-state index in [4.69, 9.17) is 5.73 Å². The summed E-state index contributed by atoms with van der Waals surface area (Å²) >= 11 is 2.14. The molecule has 0 fully saturated rings. The summed E-state index contributed by atoms with van der Waals surface area (Å²) in [5.74, 6) is 0. The van der Waals surface area contributed by atoms with Gasteiger partial charge in [-0.25, -0.2) is 0 Å². The minimum absolute atomic E-state index is 0.110. The van der Waals surface area contributed by atoms with E-state index in [9.17, 15) is 10.1 Å². The van der Waals surface area contributed by atoms with Gasteiger partial charge in [0.25, 0.3) is 5.69 Å². The number of nitro benzene ring substituents is 1. The molecule has 4 nitrogen and oxygen atoms in total. The van der Waals surface area contributed by atoms with Gasteiger partial charge < -0.3 is 5.73 Å². The maximum Gasteiger partial charge on any atom is 0.270 e. The van der Waals surface area contributed by atoms with Gasteiger partial charge in [0.2, 0.25) is 0 Å². The highest BCUT2D eigenvalue weighted by molar-refractivity contribution is 14.1. The summed E-state index contributed by atoms with van der Waals surface area (Å²) in [5.41, 5.74) is 7.30. The quantitative estimate of drug-likeness (QED) is 0.514. The average molecular weight is 292 g/mol. The van der Waals surface area contributed by atoms with Crippen LogP contribution in [0.4, 0.5) is 5.69 Å². The van der Waals surface area contributed by atoms with E-state index in [0.717, 1.165) is 14.7 Å². The maximum atomic E-state index is 10.5. The number of nitrogens with zero attached hydrogens (tertiary/aromatic N) is 1. The van der Waals surface area contributed by atoms with Gasteiger partial charge in [-0.15, -0.1) is 0 Å². The third-order valence-electron chi connectivity index (χ3n) is 1.75. The van der Waals surface area contributed by atoms with Crippen LogP contribution < -0.4 is 5.73 Å². The second-order valence-corrected chi connectivity index (χ2v) is 3.78. The van der Waals surface area contributed by atoms with E-state index in [0.29, 0.717) is 6.54 Å². The molecule has 0 radical (unpaired) electrons. The van der Waals surface area contributed by atoms with Gasteiger partial charge >= 0.3 is 0 Å². The lowest BCUT2D eigenvalue weighted by Crippen LogP contribution is -2.02. The Morgan fingerprint density at radius 3 is 2.69 bits per heavy atom. The molecular weight excluding hydrogens is 283 g/mol. The van der Waals surface area contributed by atoms with Crippen molar-refractivity contribution < 1.29 is 4.92 Å². The third kappa shape index (κ3) is 2.16. The maximum absolute atomic E-state index is 10.5. The monoisotopic (exact) mass is 292 g/mol. The Morgan fingerprint density at radius 1 is 1.62 bits per heavy atom. The molecule has 13 heavy (non-hydrogen) atoms. The van der Waals surface area contributed by atoms with Crippen molar-refractivity contribution in [1.29, 1.82) is 0 Å². The minimum atomic E-state index is -0.401. The minimum Gasteiger partial charge on any atom is -0.326 e. The summed E-state index contributed by atoms with van der Waals surface area (Å²) in [6.45, 7) is 2.18. The average Bonchev–Trinajstić information content (AvgIpc) is 2.09. The Morgan fingerprint density at radius 2 is 2.23 bits per heavy atom. The molecule has 1 aromatic rings. The Kier molecular flexibility index (Phi) is 3.21. The van der Waals surface area contributed by atoms with Crippen LogP contribution in [-0.2, 0) is 6.54 Å². The molecule has 0 aliphatic heterocycles. The molecule has 5 heteroatoms. The summed E-state index contributed by atoms with van der Waals surface area (Å²) in [6.07, 6.45) is 0. The predicted octanol–water partition coefficient (Wildman–Crippen LogP) is 1.97. The zero-order chi connectivity index (χ0) is 10.0. The first-order valence-corrected chi connectivity index (χ1v) is 4.77. The van der Waals surface area contributed by atoms with E-state index in [2.05, 4.69) is 22.6 Å². The molecule has 0 amide bonds. The van der Waals surface area contributed by atoms with Crippen LogP contribution >= 0.6 is 22.6 Å². The summed E-state index contributed by atoms with van der Waals surface area (Å²) in [6, 6.07) is 3.08. The van der Waals surface area contributed by atoms with Crippen LogP contribution in [0.25, 0.3) is 0 Å². The van der Waals surface area contributed by atoms with E-state index < -0.39 is 4.92 Å². The molecule has 1 rings (SSSR count). The molecule has 0 heterocycles. The number of hydrogen-bond donors (Lipinski definition) is 1. The molecule has 1 aromatic carbocycles. The molecule has 0 aliphatic rings. The molecule has 0 spiro atoms. The topological polar surface area (TPSA) is 69.2 Å². The van der Waals surface area contributed by atoms with Gasteiger partial charge in [-0.05, 0) is 40.6 Å². The van der Waals surface area contributed by atoms with Crippen molar-refractivity contribution in [1.82, 2.24) is 0 Å². The second-order valence-electron chi connectivity index (χ2n) is 2.70. The number of halogens is 1. The SMILES string of the molecule is Cc1cc([N+](=O)[O-])cc(CN)c1I. The zero-order valence-corrected chi connectivity index (χ0v) is 9.24. The lowest BCUT2D eigenvalue weighted by molar-refractivity contribution is -0.385. The fraction of sp³-hybridized carbons (Fsp3) is 0.250. The number of benzene rings is 1. The standard InChI is InChI=1S/C8H9IN2O2/c1-5-2-7(11(12)13)3-6(4-10)8(5)9/h2-3H,4,10H2,1H3. The number of non-ortho nitro benzene ring substituents is 1. The van der Waals surface area contributed by atoms with Gasteiger partial charge in [-0.3, -0.25) is 10.1 Å². The van der Waals surface area contributed by atoms with Crippen molar-refractivity contribution in [2.24, 2.45) is 5.73 Å². The summed E-state index contributed by atoms with van der Waals surface area (Å²) in [4.78, 5) is 10.1. The van der Waals surface area contributed by atoms with Crippen LogP contribution in [0.3, 0.4) is 0 Å². The smallest absolute Gasteiger partial charge is 0.270 e. The number of hydrogen-bond acceptors (Lipinski definition) is 3. The number of aryl methyl sites for hydroxylation is 1. The summed E-state index contributed by atoms with van der Waals surface area (Å²) < 4.78 is 1.01. The highest BCUT2D eigenvalue weighted by Gasteiger charge is 2.11. The molecule has 0 bridgehead atoms. The van der Waals surface area contributed by atoms with Crippen LogP contribution in [0.5, 0.6) is 0 Å². The molecular formula is C8H9IN2O2. The molecule has 70 valence electrons. The van der Waals surface area contributed by atoms with E-state index in [-0.39, 0.29) is 5.69 Å². The van der Waals surface area contributed by atoms with E-state index >= 15 is 0 Å². The molecule has 0 saturated carbocycles. The van der Waals surface area contributed by atoms with E-state index in [1.165, 1.54) is 6.07 Å². The highest BCUT2D eigenvalue weighted by atomic mass is 127. The van der Waals surface area contributed by atoms with Crippen molar-refractivity contribution in [3.63, 3.8) is 0 Å². The van der Waals surface area contributed by atoms with Crippen molar-refractivity contribution >= 4 is 28.3 Å². The van der Waals surface area contributed by atoms with Gasteiger partial charge in [0.05, 0.1) is 4.92 Å². The van der Waals surface area contributed by atoms with Gasteiger partial charge in [-0.2, -0.15) is 0 Å². The van der Waals surface area contributed by atoms with Crippen molar-refractivity contribution in [2.75, 3.05) is 0 Å². The zero-order valence-electron chi connectivity index (χ0n) is 7.08. The van der Waals surface area contributed by atoms with Gasteiger partial charge in [0, 0.05) is 22.2 Å². The lowest BCUT2D eigenvalue weighted by Gasteiger charge is -2.04. The van der Waals surface area contributed by atoms with Crippen LogP contribution in [0, 0.1) is 20.6 Å². The molecule has 0 aromatic heterocycles. The van der Waals surface area contributed by atoms with Crippen LogP contribution in [0.1, 0.15) is 11.1 Å². The van der Waals surface area contributed by atoms with Gasteiger partial charge in [0.15, 0.2) is 0 Å². The van der Waals surface area contributed by atoms with Gasteiger partial charge in [0.1, 0.15) is 0 Å². The van der Waals surface area contributed by atoms with Crippen LogP contribution in [-0.4, -0.2) is 4.92 Å². The highest BCUT2D eigenvalue weighted by Crippen LogP contribution is 2.23. The fourth-order valence-corrected chi connectivity index (χ4v) is 1.61. The van der Waals surface area contributed by atoms with E-state index in [1.54, 1.807) is 6.07 Å². The fourth-order valence-electron chi connectivity index (χ4n) is 1.08. The van der Waals surface area contributed by atoms with Crippen molar-refractivity contribution in [3.05, 3.63) is 36.9 Å². The molecule has 0 atom stereocenters. The first-order chi connectivity index (χ1) is 6.06. The normalized spacial score (nSPS) is 10.1. The number of nitro groups is 1. The third-order valence-corrected chi connectivity index (χ3v) is 3.29.